The van der Waals surface area contributed by atoms with Crippen molar-refractivity contribution in [1.82, 2.24) is 20.0 Å². The number of methoxy groups -OCH3 is 1. The van der Waals surface area contributed by atoms with Crippen LogP contribution >= 0.6 is 0 Å². The Bertz CT molecular complexity index is 1370. The molecule has 9 nitrogen and oxygen atoms in total. The number of ether oxygens (including phenoxy) is 1. The van der Waals surface area contributed by atoms with Gasteiger partial charge in [-0.15, -0.1) is 0 Å². The van der Waals surface area contributed by atoms with Crippen molar-refractivity contribution < 1.29 is 24.2 Å². The molecule has 2 heterocycles. The molecule has 2 N–H and O–H groups in total. The highest BCUT2D eigenvalue weighted by Gasteiger charge is 2.42. The number of nitrogens with zero attached hydrogens (tertiary/aromatic N) is 3. The molecule has 0 spiro atoms. The van der Waals surface area contributed by atoms with Gasteiger partial charge in [-0.2, -0.15) is 5.10 Å². The third-order valence-electron chi connectivity index (χ3n) is 5.68. The van der Waals surface area contributed by atoms with Crippen molar-refractivity contribution in [1.29, 1.82) is 0 Å². The molecule has 2 amide bonds. The van der Waals surface area contributed by atoms with Gasteiger partial charge in [-0.3, -0.25) is 9.59 Å². The van der Waals surface area contributed by atoms with E-state index in [2.05, 4.69) is 22.3 Å². The average molecular weight is 460 g/mol. The number of rotatable bonds is 4. The summed E-state index contributed by atoms with van der Waals surface area (Å²) in [5, 5.41) is 18.4. The number of aliphatic hydroxyl groups is 1. The van der Waals surface area contributed by atoms with Crippen molar-refractivity contribution in [2.45, 2.75) is 25.5 Å². The average Bonchev–Trinajstić information content (AvgIpc) is 3.34. The molecule has 1 saturated heterocycles. The van der Waals surface area contributed by atoms with Crippen molar-refractivity contribution in [2.75, 3.05) is 20.7 Å². The quantitative estimate of drug-likeness (QED) is 0.449. The van der Waals surface area contributed by atoms with Crippen LogP contribution in [-0.2, 0) is 20.9 Å². The second-order valence-electron chi connectivity index (χ2n) is 8.15. The largest absolute Gasteiger partial charge is 0.464 e. The first-order valence-electron chi connectivity index (χ1n) is 10.7. The Morgan fingerprint density at radius 2 is 2.06 bits per heavy atom. The summed E-state index contributed by atoms with van der Waals surface area (Å²) in [6.45, 7) is 2.20. The zero-order chi connectivity index (χ0) is 24.5. The minimum atomic E-state index is -1.69. The molecule has 34 heavy (non-hydrogen) atoms. The van der Waals surface area contributed by atoms with Gasteiger partial charge in [0, 0.05) is 44.4 Å². The van der Waals surface area contributed by atoms with E-state index in [0.717, 1.165) is 5.56 Å². The summed E-state index contributed by atoms with van der Waals surface area (Å²) < 4.78 is 6.52. The molecule has 0 radical (unpaired) electrons. The summed E-state index contributed by atoms with van der Waals surface area (Å²) >= 11 is 0. The predicted octanol–water partition coefficient (Wildman–Crippen LogP) is 1.39. The summed E-state index contributed by atoms with van der Waals surface area (Å²) in [5.41, 5.74) is 1.16. The van der Waals surface area contributed by atoms with Crippen LogP contribution in [0.3, 0.4) is 0 Å². The lowest BCUT2D eigenvalue weighted by atomic mass is 10.0. The van der Waals surface area contributed by atoms with E-state index in [1.54, 1.807) is 36.0 Å². The third kappa shape index (κ3) is 4.36. The van der Waals surface area contributed by atoms with Gasteiger partial charge in [-0.05, 0) is 35.9 Å². The Morgan fingerprint density at radius 1 is 1.26 bits per heavy atom. The van der Waals surface area contributed by atoms with Gasteiger partial charge in [0.25, 0.3) is 5.91 Å². The maximum absolute atomic E-state index is 12.4. The van der Waals surface area contributed by atoms with Gasteiger partial charge < -0.3 is 20.1 Å². The van der Waals surface area contributed by atoms with E-state index in [-0.39, 0.29) is 18.0 Å². The summed E-state index contributed by atoms with van der Waals surface area (Å²) in [6, 6.07) is 12.6. The summed E-state index contributed by atoms with van der Waals surface area (Å²) in [7, 11) is 2.92. The molecular formula is C25H24N4O5. The number of hydrogen-bond acceptors (Lipinski definition) is 6. The lowest BCUT2D eigenvalue weighted by Crippen LogP contribution is -2.37. The van der Waals surface area contributed by atoms with Gasteiger partial charge in [0.15, 0.2) is 5.69 Å². The van der Waals surface area contributed by atoms with Crippen molar-refractivity contribution in [3.8, 4) is 17.5 Å². The van der Waals surface area contributed by atoms with Crippen LogP contribution in [0, 0.1) is 11.8 Å². The highest BCUT2D eigenvalue weighted by Crippen LogP contribution is 2.25. The Hall–Kier alpha value is -4.16. The van der Waals surface area contributed by atoms with Crippen LogP contribution in [0.15, 0.2) is 42.5 Å². The maximum Gasteiger partial charge on any atom is 0.359 e. The molecule has 1 atom stereocenters. The number of fused-ring (bicyclic) bond motifs is 1. The highest BCUT2D eigenvalue weighted by molar-refractivity contribution is 6.02. The number of amides is 2. The number of likely N-dealkylation sites (tertiary alicyclic amines) is 1. The molecule has 9 heteroatoms. The molecule has 0 saturated carbocycles. The molecular weight excluding hydrogens is 436 g/mol. The van der Waals surface area contributed by atoms with Crippen LogP contribution < -0.4 is 5.32 Å². The number of aromatic nitrogens is 2. The molecule has 1 aliphatic rings. The van der Waals surface area contributed by atoms with Crippen LogP contribution in [0.1, 0.15) is 35.0 Å². The topological polar surface area (TPSA) is 114 Å². The van der Waals surface area contributed by atoms with Gasteiger partial charge in [0.1, 0.15) is 0 Å². The highest BCUT2D eigenvalue weighted by atomic mass is 16.5. The minimum Gasteiger partial charge on any atom is -0.464 e. The van der Waals surface area contributed by atoms with Crippen LogP contribution in [0.5, 0.6) is 0 Å². The van der Waals surface area contributed by atoms with Crippen LogP contribution in [0.2, 0.25) is 0 Å². The Kier molecular flexibility index (Phi) is 6.09. The van der Waals surface area contributed by atoms with E-state index in [4.69, 9.17) is 4.74 Å². The van der Waals surface area contributed by atoms with E-state index in [1.807, 2.05) is 18.2 Å². The SMILES string of the molecule is COC(=O)c1nn(-c2cccc(C#C[C@]3(O)CCN(C)C3=O)c2)c2ccc(CNC(C)=O)cc12. The molecule has 0 unspecified atom stereocenters. The Morgan fingerprint density at radius 3 is 2.74 bits per heavy atom. The fraction of sp³-hybridized carbons (Fsp3) is 0.280. The van der Waals surface area contributed by atoms with Crippen LogP contribution in [0.4, 0.5) is 0 Å². The fourth-order valence-corrected chi connectivity index (χ4v) is 3.81. The first kappa shape index (κ1) is 23.0. The zero-order valence-electron chi connectivity index (χ0n) is 19.1. The molecule has 1 aliphatic heterocycles. The van der Waals surface area contributed by atoms with Crippen molar-refractivity contribution in [2.24, 2.45) is 0 Å². The fourth-order valence-electron chi connectivity index (χ4n) is 3.81. The number of hydrogen-bond donors (Lipinski definition) is 2. The molecule has 3 aromatic rings. The number of likely N-dealkylation sites (N-methyl/N-ethyl adjacent to an activating group) is 1. The summed E-state index contributed by atoms with van der Waals surface area (Å²) in [4.78, 5) is 37.3. The maximum atomic E-state index is 12.4. The van der Waals surface area contributed by atoms with Gasteiger partial charge in [-0.25, -0.2) is 9.48 Å². The van der Waals surface area contributed by atoms with E-state index < -0.39 is 17.5 Å². The molecule has 1 fully saturated rings. The van der Waals surface area contributed by atoms with E-state index in [9.17, 15) is 19.5 Å². The van der Waals surface area contributed by atoms with E-state index >= 15 is 0 Å². The lowest BCUT2D eigenvalue weighted by Gasteiger charge is -2.13. The number of carbonyl (C=O) groups excluding carboxylic acids is 3. The van der Waals surface area contributed by atoms with Crippen LogP contribution in [-0.4, -0.2) is 63.9 Å². The minimum absolute atomic E-state index is 0.146. The smallest absolute Gasteiger partial charge is 0.359 e. The number of carbonyl (C=O) groups is 3. The summed E-state index contributed by atoms with van der Waals surface area (Å²) in [5.74, 6) is 4.46. The van der Waals surface area contributed by atoms with Gasteiger partial charge in [0.05, 0.1) is 18.3 Å². The van der Waals surface area contributed by atoms with Gasteiger partial charge >= 0.3 is 5.97 Å². The standard InChI is InChI=1S/C25H24N4O5/c1-16(30)26-15-18-7-8-21-20(14-18)22(23(31)34-3)27-29(21)19-6-4-5-17(13-19)9-10-25(33)11-12-28(2)24(25)32/h4-8,13-14,33H,11-12,15H2,1-3H3,(H,26,30)/t25-/m0/s1. The zero-order valence-corrected chi connectivity index (χ0v) is 19.1. The second kappa shape index (κ2) is 9.00. The Labute approximate surface area is 196 Å². The third-order valence-corrected chi connectivity index (χ3v) is 5.68. The van der Waals surface area contributed by atoms with Gasteiger partial charge in [0.2, 0.25) is 11.5 Å². The number of nitrogens with one attached hydrogen (secondary N) is 1. The van der Waals surface area contributed by atoms with Crippen LogP contribution in [0.25, 0.3) is 16.6 Å². The first-order valence-corrected chi connectivity index (χ1v) is 10.7. The molecule has 0 bridgehead atoms. The van der Waals surface area contributed by atoms with Gasteiger partial charge in [-0.1, -0.05) is 24.0 Å². The van der Waals surface area contributed by atoms with Crippen molar-refractivity contribution in [3.63, 3.8) is 0 Å². The second-order valence-corrected chi connectivity index (χ2v) is 8.15. The summed E-state index contributed by atoms with van der Waals surface area (Å²) in [6.07, 6.45) is 0.252. The number of esters is 1. The van der Waals surface area contributed by atoms with Crippen molar-refractivity contribution in [3.05, 3.63) is 59.3 Å². The normalized spacial score (nSPS) is 17.4. The molecule has 1 aromatic heterocycles. The molecule has 174 valence electrons. The predicted molar refractivity (Wildman–Crippen MR) is 124 cm³/mol. The van der Waals surface area contributed by atoms with E-state index in [1.165, 1.54) is 18.9 Å². The molecule has 4 rings (SSSR count). The van der Waals surface area contributed by atoms with E-state index in [0.29, 0.717) is 35.2 Å². The molecule has 2 aromatic carbocycles. The first-order chi connectivity index (χ1) is 16.2. The monoisotopic (exact) mass is 460 g/mol. The lowest BCUT2D eigenvalue weighted by molar-refractivity contribution is -0.137. The van der Waals surface area contributed by atoms with Crippen molar-refractivity contribution >= 4 is 28.7 Å². The Balaban J connectivity index is 1.74. The number of benzene rings is 2. The molecule has 0 aliphatic carbocycles.